The van der Waals surface area contributed by atoms with E-state index in [1.54, 1.807) is 0 Å². The Morgan fingerprint density at radius 1 is 0.882 bits per heavy atom. The summed E-state index contributed by atoms with van der Waals surface area (Å²) < 4.78 is 0. The lowest BCUT2D eigenvalue weighted by Crippen LogP contribution is -2.12. The van der Waals surface area contributed by atoms with Crippen LogP contribution in [0.5, 0.6) is 0 Å². The van der Waals surface area contributed by atoms with E-state index in [0.29, 0.717) is 0 Å². The molecule has 0 radical (unpaired) electrons. The first-order valence-electron chi connectivity index (χ1n) is 5.78. The molecule has 1 unspecified atom stereocenters. The minimum absolute atomic E-state index is 0.130. The van der Waals surface area contributed by atoms with Crippen LogP contribution in [-0.2, 0) is 5.75 Å². The van der Waals surface area contributed by atoms with Crippen molar-refractivity contribution in [3.8, 4) is 0 Å². The van der Waals surface area contributed by atoms with Gasteiger partial charge in [-0.25, -0.2) is 0 Å². The van der Waals surface area contributed by atoms with E-state index in [0.717, 1.165) is 11.5 Å². The van der Waals surface area contributed by atoms with Crippen LogP contribution in [0.15, 0.2) is 60.7 Å². The van der Waals surface area contributed by atoms with Crippen LogP contribution in [0.3, 0.4) is 0 Å². The fraction of sp³-hybridized carbons (Fsp3) is 0.200. The molecular weight excluding hydrogens is 226 g/mol. The Hall–Kier alpha value is -1.25. The molecule has 0 aromatic heterocycles. The zero-order valence-electron chi connectivity index (χ0n) is 9.75. The Balaban J connectivity index is 1.79. The average molecular weight is 243 g/mol. The molecule has 0 saturated heterocycles. The van der Waals surface area contributed by atoms with Crippen molar-refractivity contribution in [2.75, 3.05) is 5.75 Å². The molecule has 0 aliphatic carbocycles. The maximum absolute atomic E-state index is 6.14. The summed E-state index contributed by atoms with van der Waals surface area (Å²) >= 11 is 1.88. The van der Waals surface area contributed by atoms with Crippen LogP contribution in [0.1, 0.15) is 17.2 Å². The lowest BCUT2D eigenvalue weighted by molar-refractivity contribution is 0.831. The van der Waals surface area contributed by atoms with E-state index in [9.17, 15) is 0 Å². The highest BCUT2D eigenvalue weighted by Crippen LogP contribution is 2.19. The van der Waals surface area contributed by atoms with E-state index in [2.05, 4.69) is 36.4 Å². The van der Waals surface area contributed by atoms with Gasteiger partial charge < -0.3 is 5.73 Å². The summed E-state index contributed by atoms with van der Waals surface area (Å²) in [6.45, 7) is 0. The molecule has 2 aromatic rings. The summed E-state index contributed by atoms with van der Waals surface area (Å²) in [6.07, 6.45) is 0. The van der Waals surface area contributed by atoms with Crippen molar-refractivity contribution < 1.29 is 0 Å². The van der Waals surface area contributed by atoms with E-state index >= 15 is 0 Å². The molecule has 1 nitrogen and oxygen atoms in total. The van der Waals surface area contributed by atoms with Gasteiger partial charge in [-0.05, 0) is 11.1 Å². The maximum atomic E-state index is 6.14. The average Bonchev–Trinajstić information content (AvgIpc) is 2.41. The monoisotopic (exact) mass is 243 g/mol. The van der Waals surface area contributed by atoms with Gasteiger partial charge in [-0.1, -0.05) is 60.7 Å². The third kappa shape index (κ3) is 3.91. The van der Waals surface area contributed by atoms with Gasteiger partial charge in [0.1, 0.15) is 0 Å². The largest absolute Gasteiger partial charge is 0.323 e. The summed E-state index contributed by atoms with van der Waals surface area (Å²) in [5, 5.41) is 0. The molecule has 88 valence electrons. The van der Waals surface area contributed by atoms with E-state index in [1.807, 2.05) is 36.0 Å². The fourth-order valence-electron chi connectivity index (χ4n) is 1.67. The number of thioether (sulfide) groups is 1. The van der Waals surface area contributed by atoms with Gasteiger partial charge in [0.25, 0.3) is 0 Å². The normalized spacial score (nSPS) is 12.3. The molecule has 0 saturated carbocycles. The molecule has 0 bridgehead atoms. The standard InChI is InChI=1S/C15H17NS/c16-15(14-9-5-2-6-10-14)12-17-11-13-7-3-1-4-8-13/h1-10,15H,11-12,16H2. The third-order valence-electron chi connectivity index (χ3n) is 2.64. The molecule has 2 N–H and O–H groups in total. The third-order valence-corrected chi connectivity index (χ3v) is 3.77. The first-order chi connectivity index (χ1) is 8.36. The van der Waals surface area contributed by atoms with Crippen LogP contribution < -0.4 is 5.73 Å². The van der Waals surface area contributed by atoms with E-state index in [1.165, 1.54) is 11.1 Å². The van der Waals surface area contributed by atoms with Crippen LogP contribution >= 0.6 is 11.8 Å². The predicted octanol–water partition coefficient (Wildman–Crippen LogP) is 3.62. The Bertz CT molecular complexity index is 427. The molecule has 2 heteroatoms. The Kier molecular flexibility index (Phi) is 4.65. The van der Waals surface area contributed by atoms with Crippen LogP contribution in [0, 0.1) is 0 Å². The van der Waals surface area contributed by atoms with Crippen LogP contribution in [0.4, 0.5) is 0 Å². The highest BCUT2D eigenvalue weighted by molar-refractivity contribution is 7.98. The predicted molar refractivity (Wildman–Crippen MR) is 76.0 cm³/mol. The molecule has 2 rings (SSSR count). The number of hydrogen-bond acceptors (Lipinski definition) is 2. The minimum atomic E-state index is 0.130. The summed E-state index contributed by atoms with van der Waals surface area (Å²) in [5.74, 6) is 1.99. The molecule has 17 heavy (non-hydrogen) atoms. The molecule has 0 heterocycles. The lowest BCUT2D eigenvalue weighted by atomic mass is 10.1. The molecule has 0 fully saturated rings. The topological polar surface area (TPSA) is 26.0 Å². The van der Waals surface area contributed by atoms with Gasteiger partial charge in [-0.2, -0.15) is 11.8 Å². The molecule has 0 aliphatic heterocycles. The molecule has 0 amide bonds. The highest BCUT2D eigenvalue weighted by Gasteiger charge is 2.04. The Labute approximate surface area is 107 Å². The summed E-state index contributed by atoms with van der Waals surface area (Å²) in [5.41, 5.74) is 8.71. The molecule has 2 aromatic carbocycles. The molecule has 1 atom stereocenters. The van der Waals surface area contributed by atoms with E-state index < -0.39 is 0 Å². The number of hydrogen-bond donors (Lipinski definition) is 1. The number of nitrogens with two attached hydrogens (primary N) is 1. The van der Waals surface area contributed by atoms with Gasteiger partial charge in [-0.15, -0.1) is 0 Å². The van der Waals surface area contributed by atoms with Crippen molar-refractivity contribution in [2.45, 2.75) is 11.8 Å². The first-order valence-corrected chi connectivity index (χ1v) is 6.94. The Morgan fingerprint density at radius 3 is 2.12 bits per heavy atom. The SMILES string of the molecule is NC(CSCc1ccccc1)c1ccccc1. The summed E-state index contributed by atoms with van der Waals surface area (Å²) in [7, 11) is 0. The fourth-order valence-corrected chi connectivity index (χ4v) is 2.67. The first kappa shape index (κ1) is 12.2. The van der Waals surface area contributed by atoms with Gasteiger partial charge in [-0.3, -0.25) is 0 Å². The van der Waals surface area contributed by atoms with Crippen molar-refractivity contribution in [2.24, 2.45) is 5.73 Å². The zero-order valence-corrected chi connectivity index (χ0v) is 10.6. The van der Waals surface area contributed by atoms with Crippen LogP contribution in [-0.4, -0.2) is 5.75 Å². The molecule has 0 aliphatic rings. The van der Waals surface area contributed by atoms with Gasteiger partial charge in [0.15, 0.2) is 0 Å². The molecular formula is C15H17NS. The second-order valence-corrected chi connectivity index (χ2v) is 5.05. The smallest absolute Gasteiger partial charge is 0.0386 e. The second-order valence-electron chi connectivity index (χ2n) is 4.02. The second kappa shape index (κ2) is 6.48. The summed E-state index contributed by atoms with van der Waals surface area (Å²) in [4.78, 5) is 0. The maximum Gasteiger partial charge on any atom is 0.0386 e. The van der Waals surface area contributed by atoms with E-state index in [-0.39, 0.29) is 6.04 Å². The number of benzene rings is 2. The quantitative estimate of drug-likeness (QED) is 0.868. The summed E-state index contributed by atoms with van der Waals surface area (Å²) in [6, 6.07) is 20.9. The Morgan fingerprint density at radius 2 is 1.47 bits per heavy atom. The highest BCUT2D eigenvalue weighted by atomic mass is 32.2. The van der Waals surface area contributed by atoms with Gasteiger partial charge in [0.05, 0.1) is 0 Å². The van der Waals surface area contributed by atoms with Crippen molar-refractivity contribution in [1.82, 2.24) is 0 Å². The van der Waals surface area contributed by atoms with Crippen molar-refractivity contribution in [1.29, 1.82) is 0 Å². The van der Waals surface area contributed by atoms with Crippen LogP contribution in [0.2, 0.25) is 0 Å². The minimum Gasteiger partial charge on any atom is -0.323 e. The number of rotatable bonds is 5. The van der Waals surface area contributed by atoms with Crippen LogP contribution in [0.25, 0.3) is 0 Å². The molecule has 0 spiro atoms. The zero-order chi connectivity index (χ0) is 11.9. The van der Waals surface area contributed by atoms with E-state index in [4.69, 9.17) is 5.73 Å². The van der Waals surface area contributed by atoms with Crippen molar-refractivity contribution in [3.05, 3.63) is 71.8 Å². The van der Waals surface area contributed by atoms with Crippen molar-refractivity contribution in [3.63, 3.8) is 0 Å². The lowest BCUT2D eigenvalue weighted by Gasteiger charge is -2.11. The van der Waals surface area contributed by atoms with Gasteiger partial charge in [0, 0.05) is 17.5 Å². The van der Waals surface area contributed by atoms with Gasteiger partial charge >= 0.3 is 0 Å². The van der Waals surface area contributed by atoms with Crippen molar-refractivity contribution >= 4 is 11.8 Å². The van der Waals surface area contributed by atoms with Gasteiger partial charge in [0.2, 0.25) is 0 Å².